The first-order chi connectivity index (χ1) is 14.0. The van der Waals surface area contributed by atoms with Gasteiger partial charge in [-0.25, -0.2) is 19.3 Å². The van der Waals surface area contributed by atoms with E-state index in [4.69, 9.17) is 15.8 Å². The second-order valence-electron chi connectivity index (χ2n) is 10.2. The zero-order valence-corrected chi connectivity index (χ0v) is 20.3. The van der Waals surface area contributed by atoms with Gasteiger partial charge < -0.3 is 15.4 Å². The van der Waals surface area contributed by atoms with Gasteiger partial charge in [-0.3, -0.25) is 0 Å². The summed E-state index contributed by atoms with van der Waals surface area (Å²) in [5, 5.41) is 7.92. The van der Waals surface area contributed by atoms with Crippen molar-refractivity contribution >= 4 is 17.0 Å². The van der Waals surface area contributed by atoms with E-state index in [1.54, 1.807) is 27.7 Å². The first-order valence-electron chi connectivity index (χ1n) is 10.7. The minimum absolute atomic E-state index is 0.0825. The van der Waals surface area contributed by atoms with Crippen molar-refractivity contribution in [3.05, 3.63) is 23.8 Å². The van der Waals surface area contributed by atoms with Gasteiger partial charge in [0, 0.05) is 25.3 Å². The second kappa shape index (κ2) is 8.58. The topological polar surface area (TPSA) is 92.5 Å². The molecule has 0 aromatic carbocycles. The Hall–Kier alpha value is -2.46. The number of aromatic nitrogens is 4. The highest BCUT2D eigenvalue weighted by Crippen LogP contribution is 2.32. The molecule has 7 heteroatoms. The van der Waals surface area contributed by atoms with E-state index in [1.807, 2.05) is 13.0 Å². The summed E-state index contributed by atoms with van der Waals surface area (Å²) in [6.07, 6.45) is 4.74. The van der Waals surface area contributed by atoms with Crippen molar-refractivity contribution in [1.82, 2.24) is 19.5 Å². The summed E-state index contributed by atoms with van der Waals surface area (Å²) in [5.74, 6) is 6.97. The van der Waals surface area contributed by atoms with E-state index in [1.165, 1.54) is 0 Å². The highest BCUT2D eigenvalue weighted by molar-refractivity contribution is 5.83. The third-order valence-corrected chi connectivity index (χ3v) is 5.34. The molecule has 0 aliphatic rings. The lowest BCUT2D eigenvalue weighted by atomic mass is 9.87. The van der Waals surface area contributed by atoms with Crippen molar-refractivity contribution < 1.29 is 9.50 Å². The Bertz CT molecular complexity index is 1030. The van der Waals surface area contributed by atoms with E-state index in [0.717, 1.165) is 5.82 Å². The van der Waals surface area contributed by atoms with Gasteiger partial charge in [-0.05, 0) is 65.7 Å². The maximum absolute atomic E-state index is 14.2. The van der Waals surface area contributed by atoms with E-state index in [-0.39, 0.29) is 23.6 Å². The van der Waals surface area contributed by atoms with Crippen molar-refractivity contribution in [3.63, 3.8) is 0 Å². The lowest BCUT2D eigenvalue weighted by molar-refractivity contribution is 0.137. The van der Waals surface area contributed by atoms with Crippen LogP contribution in [0.2, 0.25) is 0 Å². The third kappa shape index (κ3) is 6.04. The van der Waals surface area contributed by atoms with Crippen LogP contribution in [0.1, 0.15) is 86.4 Å². The van der Waals surface area contributed by atoms with Crippen LogP contribution in [-0.2, 0) is 5.41 Å². The van der Waals surface area contributed by atoms with Crippen LogP contribution in [0.25, 0.3) is 11.2 Å². The van der Waals surface area contributed by atoms with Gasteiger partial charge in [0.05, 0.1) is 0 Å². The first-order valence-corrected chi connectivity index (χ1v) is 10.7. The minimum atomic E-state index is -1.23. The van der Waals surface area contributed by atoms with Gasteiger partial charge in [0.1, 0.15) is 11.5 Å². The van der Waals surface area contributed by atoms with Crippen LogP contribution in [0.5, 0.6) is 0 Å². The molecule has 0 saturated carbocycles. The van der Waals surface area contributed by atoms with Gasteiger partial charge in [-0.2, -0.15) is 0 Å². The standard InChI is InChI=1S/C24H36FN5O/c1-15(2)30-20-18(19(26)27-17(28-20)12-14-23(6,7)31)29-21(30)22(4,5)13-10-11-16(3)24(8,9)25/h10,13,15-16,31H,11H2,1-9H3,(H2,26,27,28)/p+1/b13-10-/t16-/m0/s1. The van der Waals surface area contributed by atoms with Crippen molar-refractivity contribution in [2.75, 3.05) is 5.73 Å². The Balaban J connectivity index is 2.56. The number of hydrogen-bond donors (Lipinski definition) is 1. The molecule has 0 unspecified atom stereocenters. The molecule has 2 heterocycles. The van der Waals surface area contributed by atoms with E-state index < -0.39 is 16.7 Å². The van der Waals surface area contributed by atoms with Crippen LogP contribution in [-0.4, -0.2) is 35.9 Å². The van der Waals surface area contributed by atoms with Gasteiger partial charge in [0.25, 0.3) is 0 Å². The third-order valence-electron chi connectivity index (χ3n) is 5.34. The van der Waals surface area contributed by atoms with Crippen LogP contribution in [0.15, 0.2) is 12.2 Å². The number of imidazole rings is 1. The molecule has 0 amide bonds. The van der Waals surface area contributed by atoms with Crippen LogP contribution < -0.4 is 5.73 Å². The first kappa shape index (κ1) is 24.8. The zero-order valence-electron chi connectivity index (χ0n) is 20.3. The quantitative estimate of drug-likeness (QED) is 0.416. The van der Waals surface area contributed by atoms with E-state index in [2.05, 4.69) is 60.1 Å². The molecule has 0 fully saturated rings. The summed E-state index contributed by atoms with van der Waals surface area (Å²) in [7, 11) is 0. The number of nitrogen functional groups attached to an aromatic ring is 1. The summed E-state index contributed by atoms with van der Waals surface area (Å²) in [6.45, 7) is 16.8. The molecule has 0 bridgehead atoms. The number of rotatable bonds is 6. The van der Waals surface area contributed by atoms with Crippen molar-refractivity contribution in [2.24, 2.45) is 5.92 Å². The van der Waals surface area contributed by atoms with Crippen molar-refractivity contribution in [3.8, 4) is 11.8 Å². The fraction of sp³-hybridized carbons (Fsp3) is 0.625. The molecule has 0 spiro atoms. The Morgan fingerprint density at radius 1 is 1.10 bits per heavy atom. The van der Waals surface area contributed by atoms with Crippen LogP contribution in [0.4, 0.5) is 10.2 Å². The second-order valence-corrected chi connectivity index (χ2v) is 10.2. The predicted molar refractivity (Wildman–Crippen MR) is 126 cm³/mol. The maximum Gasteiger partial charge on any atom is 0.220 e. The lowest BCUT2D eigenvalue weighted by Gasteiger charge is -2.25. The fourth-order valence-electron chi connectivity index (χ4n) is 3.13. The number of fused-ring (bicyclic) bond motifs is 1. The highest BCUT2D eigenvalue weighted by Gasteiger charge is 2.29. The minimum Gasteiger partial charge on any atom is -0.432 e. The molecule has 170 valence electrons. The molecule has 6 nitrogen and oxygen atoms in total. The molecule has 2 aromatic heterocycles. The SMILES string of the molecule is CC(C)n1c(C(C)(C)/C=C\C[C@H](C)C(C)(C)F)nc2c(N)nc(C#CC(C)(C)[OH2+])nc21. The monoisotopic (exact) mass is 430 g/mol. The molecule has 0 saturated heterocycles. The normalized spacial score (nSPS) is 14.3. The smallest absolute Gasteiger partial charge is 0.220 e. The number of halogens is 1. The molecular formula is C24H37FN5O+. The largest absolute Gasteiger partial charge is 0.432 e. The summed E-state index contributed by atoms with van der Waals surface area (Å²) in [5.41, 5.74) is 4.82. The Morgan fingerprint density at radius 2 is 1.71 bits per heavy atom. The maximum atomic E-state index is 14.2. The van der Waals surface area contributed by atoms with Crippen LogP contribution in [0, 0.1) is 17.8 Å². The number of nitrogens with two attached hydrogens (primary N) is 1. The Labute approximate surface area is 185 Å². The summed E-state index contributed by atoms with van der Waals surface area (Å²) in [4.78, 5) is 13.7. The molecule has 2 aromatic rings. The number of allylic oxidation sites excluding steroid dienone is 2. The predicted octanol–water partition coefficient (Wildman–Crippen LogP) is 4.45. The number of hydrogen-bond acceptors (Lipinski definition) is 4. The molecule has 0 aliphatic carbocycles. The highest BCUT2D eigenvalue weighted by atomic mass is 19.1. The number of alkyl halides is 1. The summed E-state index contributed by atoms with van der Waals surface area (Å²) in [6, 6.07) is 0.0825. The summed E-state index contributed by atoms with van der Waals surface area (Å²) >= 11 is 0. The zero-order chi connectivity index (χ0) is 23.8. The number of anilines is 1. The van der Waals surface area contributed by atoms with E-state index >= 15 is 0 Å². The van der Waals surface area contributed by atoms with Crippen molar-refractivity contribution in [1.29, 1.82) is 0 Å². The molecule has 2 rings (SSSR count). The van der Waals surface area contributed by atoms with Gasteiger partial charge >= 0.3 is 0 Å². The molecule has 31 heavy (non-hydrogen) atoms. The summed E-state index contributed by atoms with van der Waals surface area (Å²) < 4.78 is 16.2. The Kier molecular flexibility index (Phi) is 6.87. The van der Waals surface area contributed by atoms with Gasteiger partial charge in [0.15, 0.2) is 17.0 Å². The molecule has 0 aliphatic heterocycles. The molecule has 4 N–H and O–H groups in total. The van der Waals surface area contributed by atoms with Gasteiger partial charge in [-0.1, -0.05) is 19.1 Å². The average molecular weight is 431 g/mol. The average Bonchev–Trinajstić information content (AvgIpc) is 2.99. The number of nitrogens with zero attached hydrogens (tertiary/aromatic N) is 4. The van der Waals surface area contributed by atoms with Crippen LogP contribution >= 0.6 is 0 Å². The van der Waals surface area contributed by atoms with Crippen molar-refractivity contribution in [2.45, 2.75) is 91.5 Å². The lowest BCUT2D eigenvalue weighted by Crippen LogP contribution is -2.24. The van der Waals surface area contributed by atoms with E-state index in [9.17, 15) is 4.39 Å². The van der Waals surface area contributed by atoms with Gasteiger partial charge in [-0.15, -0.1) is 0 Å². The molecule has 0 radical (unpaired) electrons. The van der Waals surface area contributed by atoms with E-state index in [0.29, 0.717) is 17.6 Å². The van der Waals surface area contributed by atoms with Gasteiger partial charge in [0.2, 0.25) is 11.4 Å². The fourth-order valence-corrected chi connectivity index (χ4v) is 3.13. The molecule has 1 atom stereocenters. The van der Waals surface area contributed by atoms with Crippen LogP contribution in [0.3, 0.4) is 0 Å². The molecular weight excluding hydrogens is 393 g/mol. The Morgan fingerprint density at radius 3 is 2.23 bits per heavy atom.